The van der Waals surface area contributed by atoms with E-state index >= 15 is 0 Å². The molecule has 0 bridgehead atoms. The third kappa shape index (κ3) is 6.14. The molecule has 2 fully saturated rings. The summed E-state index contributed by atoms with van der Waals surface area (Å²) in [7, 11) is 0. The van der Waals surface area contributed by atoms with Gasteiger partial charge in [0.1, 0.15) is 0 Å². The van der Waals surface area contributed by atoms with Crippen LogP contribution in [0.1, 0.15) is 16.8 Å². The number of aromatic nitrogens is 2. The van der Waals surface area contributed by atoms with Crippen LogP contribution in [0.15, 0.2) is 35.3 Å². The van der Waals surface area contributed by atoms with E-state index in [9.17, 15) is 18.0 Å². The number of nitrogens with one attached hydrogen (secondary N) is 1. The molecule has 0 radical (unpaired) electrons. The third-order valence-electron chi connectivity index (χ3n) is 5.13. The Labute approximate surface area is 180 Å². The van der Waals surface area contributed by atoms with Gasteiger partial charge >= 0.3 is 12.1 Å². The Balaban J connectivity index is 0.000000339. The number of piperidine rings is 1. The molecule has 4 rings (SSSR count). The number of hydrogen-bond acceptors (Lipinski definition) is 7. The first-order valence-electron chi connectivity index (χ1n) is 9.49. The van der Waals surface area contributed by atoms with Crippen LogP contribution >= 0.6 is 11.3 Å². The van der Waals surface area contributed by atoms with Crippen LogP contribution in [0.2, 0.25) is 0 Å². The summed E-state index contributed by atoms with van der Waals surface area (Å²) in [5.74, 6) is -1.09. The van der Waals surface area contributed by atoms with Gasteiger partial charge in [0.25, 0.3) is 5.91 Å². The van der Waals surface area contributed by atoms with Crippen molar-refractivity contribution >= 4 is 29.2 Å². The maximum absolute atomic E-state index is 12.6. The quantitative estimate of drug-likeness (QED) is 0.726. The number of likely N-dealkylation sites (tertiary alicyclic amines) is 1. The van der Waals surface area contributed by atoms with E-state index < -0.39 is 12.1 Å². The van der Waals surface area contributed by atoms with Crippen molar-refractivity contribution in [2.45, 2.75) is 18.7 Å². The summed E-state index contributed by atoms with van der Waals surface area (Å²) >= 11 is 1.56. The molecule has 0 unspecified atom stereocenters. The number of carbonyl (C=O) groups excluding carboxylic acids is 1. The van der Waals surface area contributed by atoms with Crippen molar-refractivity contribution < 1.29 is 32.6 Å². The van der Waals surface area contributed by atoms with Crippen molar-refractivity contribution in [3.63, 3.8) is 0 Å². The summed E-state index contributed by atoms with van der Waals surface area (Å²) in [5.41, 5.74) is 0.796. The van der Waals surface area contributed by atoms with E-state index in [0.29, 0.717) is 24.3 Å². The number of carboxylic acid groups (broad SMARTS) is 1. The number of carboxylic acids is 1. The molecule has 0 spiro atoms. The summed E-state index contributed by atoms with van der Waals surface area (Å²) in [6, 6.07) is 3.69. The SMILES string of the molecule is O=C(O)C(F)(F)F.O=C(c1ccsc1)N1CC[C@@H]2CO[C@@H](CNc3ncccn3)[C@@H]2C1. The van der Waals surface area contributed by atoms with E-state index in [2.05, 4.69) is 15.3 Å². The Kier molecular flexibility index (Phi) is 7.44. The van der Waals surface area contributed by atoms with Crippen molar-refractivity contribution in [2.24, 2.45) is 11.8 Å². The fourth-order valence-corrected chi connectivity index (χ4v) is 4.20. The van der Waals surface area contributed by atoms with E-state index in [1.54, 1.807) is 29.8 Å². The molecule has 2 aromatic rings. The number of alkyl halides is 3. The van der Waals surface area contributed by atoms with Crippen molar-refractivity contribution in [1.82, 2.24) is 14.9 Å². The zero-order valence-corrected chi connectivity index (χ0v) is 17.1. The van der Waals surface area contributed by atoms with Gasteiger partial charge in [-0.05, 0) is 29.9 Å². The van der Waals surface area contributed by atoms with Gasteiger partial charge in [-0.15, -0.1) is 0 Å². The number of ether oxygens (including phenoxy) is 1. The van der Waals surface area contributed by atoms with Crippen molar-refractivity contribution in [1.29, 1.82) is 0 Å². The lowest BCUT2D eigenvalue weighted by Crippen LogP contribution is -2.46. The van der Waals surface area contributed by atoms with Crippen LogP contribution in [-0.2, 0) is 9.53 Å². The minimum atomic E-state index is -5.08. The number of carbonyl (C=O) groups is 2. The summed E-state index contributed by atoms with van der Waals surface area (Å²) in [5, 5.41) is 14.2. The predicted molar refractivity (Wildman–Crippen MR) is 106 cm³/mol. The first-order valence-corrected chi connectivity index (χ1v) is 10.4. The fraction of sp³-hybridized carbons (Fsp3) is 0.474. The monoisotopic (exact) mass is 458 g/mol. The number of fused-ring (bicyclic) bond motifs is 1. The Morgan fingerprint density at radius 1 is 1.32 bits per heavy atom. The number of aliphatic carboxylic acids is 1. The Morgan fingerprint density at radius 3 is 2.65 bits per heavy atom. The van der Waals surface area contributed by atoms with Crippen molar-refractivity contribution in [3.8, 4) is 0 Å². The van der Waals surface area contributed by atoms with Gasteiger partial charge in [-0.2, -0.15) is 24.5 Å². The average molecular weight is 458 g/mol. The number of halogens is 3. The molecule has 2 saturated heterocycles. The minimum Gasteiger partial charge on any atom is -0.475 e. The normalized spacial score (nSPS) is 22.8. The molecule has 3 atom stereocenters. The van der Waals surface area contributed by atoms with Gasteiger partial charge in [0.15, 0.2) is 0 Å². The first-order chi connectivity index (χ1) is 14.8. The van der Waals surface area contributed by atoms with Crippen LogP contribution < -0.4 is 5.32 Å². The van der Waals surface area contributed by atoms with E-state index in [1.807, 2.05) is 21.7 Å². The summed E-state index contributed by atoms with van der Waals surface area (Å²) in [6.07, 6.45) is -0.541. The van der Waals surface area contributed by atoms with E-state index in [1.165, 1.54) is 0 Å². The molecule has 1 amide bonds. The Hall–Kier alpha value is -2.73. The van der Waals surface area contributed by atoms with Gasteiger partial charge in [0.05, 0.1) is 18.3 Å². The minimum absolute atomic E-state index is 0.0943. The highest BCUT2D eigenvalue weighted by Crippen LogP contribution is 2.34. The van der Waals surface area contributed by atoms with Gasteiger partial charge in [0, 0.05) is 43.3 Å². The van der Waals surface area contributed by atoms with Crippen LogP contribution in [0.5, 0.6) is 0 Å². The maximum atomic E-state index is 12.6. The molecule has 0 saturated carbocycles. The molecule has 8 nitrogen and oxygen atoms in total. The lowest BCUT2D eigenvalue weighted by atomic mass is 9.84. The molecule has 2 aromatic heterocycles. The topological polar surface area (TPSA) is 105 Å². The first kappa shape index (κ1) is 22.9. The maximum Gasteiger partial charge on any atom is 0.490 e. The second-order valence-electron chi connectivity index (χ2n) is 7.10. The standard InChI is InChI=1S/C17H20N4O2S.C2HF3O2/c22-16(13-3-7-24-11-13)21-6-2-12-10-23-15(14(12)9-21)8-20-17-18-4-1-5-19-17;3-2(4,5)1(6)7/h1,3-5,7,11-12,14-15H,2,6,8-10H2,(H,18,19,20);(H,6,7)/t12-,14-,15+;/m1./s1. The van der Waals surface area contributed by atoms with Gasteiger partial charge in [-0.1, -0.05) is 0 Å². The Morgan fingerprint density at radius 2 is 2.03 bits per heavy atom. The second kappa shape index (κ2) is 10.1. The summed E-state index contributed by atoms with van der Waals surface area (Å²) in [6.45, 7) is 3.04. The highest BCUT2D eigenvalue weighted by atomic mass is 32.1. The molecule has 0 aromatic carbocycles. The highest BCUT2D eigenvalue weighted by Gasteiger charge is 2.42. The van der Waals surface area contributed by atoms with Crippen LogP contribution in [0, 0.1) is 11.8 Å². The molecule has 2 N–H and O–H groups in total. The molecule has 2 aliphatic heterocycles. The van der Waals surface area contributed by atoms with Crippen LogP contribution in [-0.4, -0.2) is 70.4 Å². The highest BCUT2D eigenvalue weighted by molar-refractivity contribution is 7.08. The molecule has 168 valence electrons. The third-order valence-corrected chi connectivity index (χ3v) is 5.82. The van der Waals surface area contributed by atoms with E-state index in [-0.39, 0.29) is 12.0 Å². The molecule has 31 heavy (non-hydrogen) atoms. The van der Waals surface area contributed by atoms with Crippen molar-refractivity contribution in [2.75, 3.05) is 31.6 Å². The van der Waals surface area contributed by atoms with E-state index in [4.69, 9.17) is 14.6 Å². The zero-order valence-electron chi connectivity index (χ0n) is 16.3. The zero-order chi connectivity index (χ0) is 22.4. The molecular formula is C19H21F3N4O4S. The van der Waals surface area contributed by atoms with Gasteiger partial charge < -0.3 is 20.1 Å². The van der Waals surface area contributed by atoms with Gasteiger partial charge in [0.2, 0.25) is 5.95 Å². The molecule has 2 aliphatic rings. The molecule has 12 heteroatoms. The number of hydrogen-bond donors (Lipinski definition) is 2. The lowest BCUT2D eigenvalue weighted by Gasteiger charge is -2.36. The van der Waals surface area contributed by atoms with Crippen LogP contribution in [0.4, 0.5) is 19.1 Å². The smallest absolute Gasteiger partial charge is 0.475 e. The number of amides is 1. The number of anilines is 1. The average Bonchev–Trinajstić information content (AvgIpc) is 3.42. The van der Waals surface area contributed by atoms with Crippen LogP contribution in [0.25, 0.3) is 0 Å². The molecule has 4 heterocycles. The largest absolute Gasteiger partial charge is 0.490 e. The summed E-state index contributed by atoms with van der Waals surface area (Å²) in [4.78, 5) is 31.8. The summed E-state index contributed by atoms with van der Waals surface area (Å²) < 4.78 is 37.7. The lowest BCUT2D eigenvalue weighted by molar-refractivity contribution is -0.192. The number of nitrogens with zero attached hydrogens (tertiary/aromatic N) is 3. The number of thiophene rings is 1. The van der Waals surface area contributed by atoms with E-state index in [0.717, 1.165) is 31.7 Å². The predicted octanol–water partition coefficient (Wildman–Crippen LogP) is 2.76. The Bertz CT molecular complexity index is 867. The molecule has 0 aliphatic carbocycles. The number of rotatable bonds is 4. The molecular weight excluding hydrogens is 437 g/mol. The van der Waals surface area contributed by atoms with Crippen LogP contribution in [0.3, 0.4) is 0 Å². The second-order valence-corrected chi connectivity index (χ2v) is 7.88. The van der Waals surface area contributed by atoms with Gasteiger partial charge in [-0.25, -0.2) is 14.8 Å². The fourth-order valence-electron chi connectivity index (χ4n) is 3.58. The van der Waals surface area contributed by atoms with Gasteiger partial charge in [-0.3, -0.25) is 4.79 Å². The van der Waals surface area contributed by atoms with Crippen molar-refractivity contribution in [3.05, 3.63) is 40.8 Å².